The lowest BCUT2D eigenvalue weighted by Gasteiger charge is -2.25. The lowest BCUT2D eigenvalue weighted by molar-refractivity contribution is 0.348. The summed E-state index contributed by atoms with van der Waals surface area (Å²) in [6.45, 7) is 9.55. The number of hydrogen-bond donors (Lipinski definition) is 1. The Hall–Kier alpha value is -1.09. The molecule has 0 aliphatic carbocycles. The predicted octanol–water partition coefficient (Wildman–Crippen LogP) is 4.18. The van der Waals surface area contributed by atoms with E-state index in [4.69, 9.17) is 4.74 Å². The van der Waals surface area contributed by atoms with Crippen LogP contribution in [0.2, 0.25) is 0 Å². The summed E-state index contributed by atoms with van der Waals surface area (Å²) in [5.74, 6) is 0.564. The summed E-state index contributed by atoms with van der Waals surface area (Å²) in [5, 5.41) is 3.52. The van der Waals surface area contributed by atoms with Gasteiger partial charge in [-0.05, 0) is 57.7 Å². The molecule has 2 nitrogen and oxygen atoms in total. The predicted molar refractivity (Wildman–Crippen MR) is 82.8 cm³/mol. The van der Waals surface area contributed by atoms with Crippen molar-refractivity contribution < 1.29 is 9.13 Å². The minimum absolute atomic E-state index is 0.0961. The summed E-state index contributed by atoms with van der Waals surface area (Å²) >= 11 is 0. The van der Waals surface area contributed by atoms with Crippen molar-refractivity contribution in [3.05, 3.63) is 29.6 Å². The van der Waals surface area contributed by atoms with Crippen molar-refractivity contribution in [2.45, 2.75) is 52.5 Å². The molecule has 1 aromatic rings. The first-order chi connectivity index (χ1) is 9.37. The van der Waals surface area contributed by atoms with Crippen molar-refractivity contribution in [3.63, 3.8) is 0 Å². The second kappa shape index (κ2) is 7.63. The third-order valence-electron chi connectivity index (χ3n) is 3.39. The fourth-order valence-corrected chi connectivity index (χ4v) is 2.32. The Morgan fingerprint density at radius 2 is 2.00 bits per heavy atom. The average Bonchev–Trinajstić information content (AvgIpc) is 2.37. The Morgan fingerprint density at radius 3 is 2.55 bits per heavy atom. The zero-order valence-electron chi connectivity index (χ0n) is 13.4. The average molecular weight is 281 g/mol. The number of ether oxygens (including phenoxy) is 1. The van der Waals surface area contributed by atoms with E-state index in [1.165, 1.54) is 7.11 Å². The Bertz CT molecular complexity index is 412. The zero-order chi connectivity index (χ0) is 15.2. The molecule has 0 aromatic heterocycles. The molecule has 0 saturated carbocycles. The van der Waals surface area contributed by atoms with Gasteiger partial charge in [0.1, 0.15) is 0 Å². The van der Waals surface area contributed by atoms with Crippen molar-refractivity contribution in [2.24, 2.45) is 5.92 Å². The van der Waals surface area contributed by atoms with Crippen LogP contribution in [0.5, 0.6) is 5.75 Å². The van der Waals surface area contributed by atoms with Crippen molar-refractivity contribution >= 4 is 0 Å². The molecule has 0 heterocycles. The van der Waals surface area contributed by atoms with Crippen LogP contribution in [0.15, 0.2) is 18.2 Å². The van der Waals surface area contributed by atoms with E-state index in [1.54, 1.807) is 6.07 Å². The van der Waals surface area contributed by atoms with Crippen LogP contribution in [0, 0.1) is 11.7 Å². The minimum Gasteiger partial charge on any atom is -0.494 e. The molecule has 1 N–H and O–H groups in total. The van der Waals surface area contributed by atoms with E-state index in [1.807, 2.05) is 12.1 Å². The Labute approximate surface area is 122 Å². The van der Waals surface area contributed by atoms with E-state index in [2.05, 4.69) is 33.0 Å². The lowest BCUT2D eigenvalue weighted by atomic mass is 9.93. The van der Waals surface area contributed by atoms with Gasteiger partial charge in [-0.3, -0.25) is 0 Å². The highest BCUT2D eigenvalue weighted by atomic mass is 19.1. The van der Waals surface area contributed by atoms with Crippen molar-refractivity contribution in [1.82, 2.24) is 5.32 Å². The highest BCUT2D eigenvalue weighted by molar-refractivity contribution is 5.31. The number of hydrogen-bond acceptors (Lipinski definition) is 2. The minimum atomic E-state index is -0.216. The van der Waals surface area contributed by atoms with Gasteiger partial charge < -0.3 is 10.1 Å². The van der Waals surface area contributed by atoms with E-state index in [0.717, 1.165) is 31.4 Å². The van der Waals surface area contributed by atoms with Gasteiger partial charge in [0.15, 0.2) is 11.6 Å². The topological polar surface area (TPSA) is 21.3 Å². The zero-order valence-corrected chi connectivity index (χ0v) is 13.4. The molecule has 0 aliphatic heterocycles. The van der Waals surface area contributed by atoms with Crippen molar-refractivity contribution in [2.75, 3.05) is 13.7 Å². The van der Waals surface area contributed by atoms with Crippen LogP contribution in [0.4, 0.5) is 4.39 Å². The molecule has 0 amide bonds. The first-order valence-corrected chi connectivity index (χ1v) is 7.43. The molecule has 1 unspecified atom stereocenters. The maximum atomic E-state index is 14.2. The number of rotatable bonds is 7. The van der Waals surface area contributed by atoms with Crippen molar-refractivity contribution in [1.29, 1.82) is 0 Å². The Kier molecular flexibility index (Phi) is 6.47. The fourth-order valence-electron chi connectivity index (χ4n) is 2.32. The first kappa shape index (κ1) is 17.0. The molecule has 1 aromatic carbocycles. The van der Waals surface area contributed by atoms with Gasteiger partial charge in [0.05, 0.1) is 7.11 Å². The highest BCUT2D eigenvalue weighted by Crippen LogP contribution is 2.23. The quantitative estimate of drug-likeness (QED) is 0.809. The van der Waals surface area contributed by atoms with E-state index >= 15 is 0 Å². The van der Waals surface area contributed by atoms with E-state index in [-0.39, 0.29) is 11.4 Å². The summed E-state index contributed by atoms with van der Waals surface area (Å²) < 4.78 is 19.3. The molecule has 0 bridgehead atoms. The normalized spacial score (nSPS) is 13.3. The van der Waals surface area contributed by atoms with Gasteiger partial charge in [-0.1, -0.05) is 25.5 Å². The van der Waals surface area contributed by atoms with E-state index in [0.29, 0.717) is 11.7 Å². The third kappa shape index (κ3) is 5.49. The molecule has 0 aliphatic rings. The Balaban J connectivity index is 2.75. The van der Waals surface area contributed by atoms with Gasteiger partial charge in [-0.15, -0.1) is 0 Å². The molecule has 3 heteroatoms. The standard InChI is InChI=1S/C17H28FNO/c1-6-8-13(12-19-17(2,3)4)11-14-9-7-10-15(20-5)16(14)18/h7,9-10,13,19H,6,8,11-12H2,1-5H3. The highest BCUT2D eigenvalue weighted by Gasteiger charge is 2.17. The number of benzene rings is 1. The molecule has 0 fully saturated rings. The maximum absolute atomic E-state index is 14.2. The summed E-state index contributed by atoms with van der Waals surface area (Å²) in [5.41, 5.74) is 0.845. The van der Waals surface area contributed by atoms with Gasteiger partial charge in [0, 0.05) is 5.54 Å². The van der Waals surface area contributed by atoms with Gasteiger partial charge >= 0.3 is 0 Å². The summed E-state index contributed by atoms with van der Waals surface area (Å²) in [7, 11) is 1.51. The monoisotopic (exact) mass is 281 g/mol. The lowest BCUT2D eigenvalue weighted by Crippen LogP contribution is -2.39. The van der Waals surface area contributed by atoms with Crippen molar-refractivity contribution in [3.8, 4) is 5.75 Å². The molecule has 0 radical (unpaired) electrons. The largest absolute Gasteiger partial charge is 0.494 e. The van der Waals surface area contributed by atoms with Gasteiger partial charge in [0.2, 0.25) is 0 Å². The summed E-state index contributed by atoms with van der Waals surface area (Å²) in [4.78, 5) is 0. The maximum Gasteiger partial charge on any atom is 0.168 e. The Morgan fingerprint density at radius 1 is 1.30 bits per heavy atom. The molecule has 0 spiro atoms. The molecule has 114 valence electrons. The van der Waals surface area contributed by atoms with Gasteiger partial charge in [-0.2, -0.15) is 0 Å². The molecule has 1 atom stereocenters. The second-order valence-electron chi connectivity index (χ2n) is 6.42. The number of nitrogens with one attached hydrogen (secondary N) is 1. The molecular weight excluding hydrogens is 253 g/mol. The van der Waals surface area contributed by atoms with Crippen LogP contribution >= 0.6 is 0 Å². The van der Waals surface area contributed by atoms with Crippen LogP contribution in [-0.2, 0) is 6.42 Å². The molecule has 1 rings (SSSR count). The third-order valence-corrected chi connectivity index (χ3v) is 3.39. The fraction of sp³-hybridized carbons (Fsp3) is 0.647. The molecule has 0 saturated heterocycles. The molecular formula is C17H28FNO. The SMILES string of the molecule is CCCC(CNC(C)(C)C)Cc1cccc(OC)c1F. The second-order valence-corrected chi connectivity index (χ2v) is 6.42. The van der Waals surface area contributed by atoms with Crippen LogP contribution in [0.25, 0.3) is 0 Å². The smallest absolute Gasteiger partial charge is 0.168 e. The van der Waals surface area contributed by atoms with Crippen LogP contribution in [0.3, 0.4) is 0 Å². The van der Waals surface area contributed by atoms with Crippen LogP contribution in [0.1, 0.15) is 46.1 Å². The van der Waals surface area contributed by atoms with Crippen LogP contribution < -0.4 is 10.1 Å². The number of halogens is 1. The summed E-state index contributed by atoms with van der Waals surface area (Å²) in [6, 6.07) is 5.39. The van der Waals surface area contributed by atoms with Crippen LogP contribution in [-0.4, -0.2) is 19.2 Å². The van der Waals surface area contributed by atoms with Gasteiger partial charge in [0.25, 0.3) is 0 Å². The first-order valence-electron chi connectivity index (χ1n) is 7.43. The molecule has 20 heavy (non-hydrogen) atoms. The van der Waals surface area contributed by atoms with E-state index < -0.39 is 0 Å². The van der Waals surface area contributed by atoms with E-state index in [9.17, 15) is 4.39 Å². The van der Waals surface area contributed by atoms with Gasteiger partial charge in [-0.25, -0.2) is 4.39 Å². The summed E-state index contributed by atoms with van der Waals surface area (Å²) in [6.07, 6.45) is 2.96. The number of methoxy groups -OCH3 is 1.